The number of piperazine rings is 2. The Labute approximate surface area is 240 Å². The van der Waals surface area contributed by atoms with Crippen LogP contribution < -0.4 is 0 Å². The topological polar surface area (TPSA) is 64.2 Å². The van der Waals surface area contributed by atoms with E-state index in [4.69, 9.17) is 0 Å². The number of rotatable bonds is 6. The van der Waals surface area contributed by atoms with E-state index in [2.05, 4.69) is 9.80 Å². The molecule has 1 amide bonds. The second-order valence-corrected chi connectivity index (χ2v) is 13.0. The average Bonchev–Trinajstić information content (AvgIpc) is 3.47. The lowest BCUT2D eigenvalue weighted by Crippen LogP contribution is -2.52. The quantitative estimate of drug-likeness (QED) is 0.442. The van der Waals surface area contributed by atoms with Crippen molar-refractivity contribution in [3.63, 3.8) is 0 Å². The lowest BCUT2D eigenvalue weighted by Gasteiger charge is -2.39. The number of benzene rings is 3. The number of nitrogens with zero attached hydrogens (tertiary/aromatic N) is 4. The molecule has 0 bridgehead atoms. The Morgan fingerprint density at radius 2 is 1.41 bits per heavy atom. The lowest BCUT2D eigenvalue weighted by atomic mass is 9.96. The van der Waals surface area contributed by atoms with Gasteiger partial charge in [0.2, 0.25) is 10.0 Å². The van der Waals surface area contributed by atoms with Crippen LogP contribution in [0.25, 0.3) is 0 Å². The van der Waals surface area contributed by atoms with Crippen LogP contribution in [0.2, 0.25) is 0 Å². The average molecular weight is 581 g/mol. The molecule has 0 unspecified atom stereocenters. The zero-order valence-electron chi connectivity index (χ0n) is 22.8. The van der Waals surface area contributed by atoms with Gasteiger partial charge < -0.3 is 4.90 Å². The van der Waals surface area contributed by atoms with E-state index in [9.17, 15) is 22.0 Å². The van der Waals surface area contributed by atoms with Crippen LogP contribution in [0, 0.1) is 11.6 Å². The summed E-state index contributed by atoms with van der Waals surface area (Å²) in [4.78, 5) is 19.8. The lowest BCUT2D eigenvalue weighted by molar-refractivity contribution is 0.0571. The molecule has 6 rings (SSSR count). The summed E-state index contributed by atoms with van der Waals surface area (Å²) >= 11 is 0. The summed E-state index contributed by atoms with van der Waals surface area (Å²) in [6.07, 6.45) is 2.25. The third kappa shape index (κ3) is 5.79. The molecule has 3 fully saturated rings. The van der Waals surface area contributed by atoms with Crippen LogP contribution in [-0.2, 0) is 10.0 Å². The number of hydrogen-bond acceptors (Lipinski definition) is 5. The summed E-state index contributed by atoms with van der Waals surface area (Å²) in [6.45, 7) is 4.65. The SMILES string of the molecule is O=C(c1cccc(S(=O)(=O)N2CCN(C(c3ccc(F)cc3)c3ccc(F)cc3)CC2)c1)N1CCN2CCC[C@@H]2C1. The number of amides is 1. The Hall–Kier alpha value is -3.18. The van der Waals surface area contributed by atoms with Crippen molar-refractivity contribution in [2.45, 2.75) is 29.8 Å². The van der Waals surface area contributed by atoms with Gasteiger partial charge >= 0.3 is 0 Å². The Morgan fingerprint density at radius 1 is 0.780 bits per heavy atom. The van der Waals surface area contributed by atoms with Crippen molar-refractivity contribution in [2.24, 2.45) is 0 Å². The highest BCUT2D eigenvalue weighted by Crippen LogP contribution is 2.31. The number of carbonyl (C=O) groups excluding carboxylic acids is 1. The van der Waals surface area contributed by atoms with E-state index >= 15 is 0 Å². The van der Waals surface area contributed by atoms with Crippen LogP contribution in [0.5, 0.6) is 0 Å². The molecule has 3 aromatic carbocycles. The summed E-state index contributed by atoms with van der Waals surface area (Å²) in [5.41, 5.74) is 2.08. The number of carbonyl (C=O) groups is 1. The molecule has 0 aliphatic carbocycles. The number of fused-ring (bicyclic) bond motifs is 1. The predicted molar refractivity (Wildman–Crippen MR) is 152 cm³/mol. The molecule has 0 spiro atoms. The fraction of sp³-hybridized carbons (Fsp3) is 0.387. The van der Waals surface area contributed by atoms with Gasteiger partial charge in [0, 0.05) is 57.4 Å². The van der Waals surface area contributed by atoms with Crippen molar-refractivity contribution in [3.8, 4) is 0 Å². The Balaban J connectivity index is 1.17. The molecule has 0 radical (unpaired) electrons. The Morgan fingerprint density at radius 3 is 2.05 bits per heavy atom. The normalized spacial score (nSPS) is 20.9. The highest BCUT2D eigenvalue weighted by atomic mass is 32.2. The molecule has 41 heavy (non-hydrogen) atoms. The second kappa shape index (κ2) is 11.6. The summed E-state index contributed by atoms with van der Waals surface area (Å²) in [6, 6.07) is 18.9. The second-order valence-electron chi connectivity index (χ2n) is 11.1. The maximum Gasteiger partial charge on any atom is 0.253 e. The maximum atomic E-state index is 13.7. The first-order valence-corrected chi connectivity index (χ1v) is 15.6. The molecule has 7 nitrogen and oxygen atoms in total. The molecule has 3 aromatic rings. The van der Waals surface area contributed by atoms with Crippen LogP contribution in [0.1, 0.15) is 40.4 Å². The van der Waals surface area contributed by atoms with Crippen LogP contribution >= 0.6 is 0 Å². The molecule has 3 aliphatic rings. The summed E-state index contributed by atoms with van der Waals surface area (Å²) in [7, 11) is -3.82. The van der Waals surface area contributed by atoms with Gasteiger partial charge in [-0.25, -0.2) is 17.2 Å². The minimum Gasteiger partial charge on any atom is -0.336 e. The van der Waals surface area contributed by atoms with Gasteiger partial charge in [0.05, 0.1) is 10.9 Å². The fourth-order valence-corrected chi connectivity index (χ4v) is 7.87. The zero-order valence-corrected chi connectivity index (χ0v) is 23.6. The van der Waals surface area contributed by atoms with Crippen molar-refractivity contribution in [1.29, 1.82) is 0 Å². The van der Waals surface area contributed by atoms with E-state index in [-0.39, 0.29) is 41.6 Å². The summed E-state index contributed by atoms with van der Waals surface area (Å²) in [5.74, 6) is -0.812. The highest BCUT2D eigenvalue weighted by Gasteiger charge is 2.35. The molecule has 0 N–H and O–H groups in total. The molecule has 0 saturated carbocycles. The van der Waals surface area contributed by atoms with E-state index in [1.807, 2.05) is 4.90 Å². The predicted octanol–water partition coefficient (Wildman–Crippen LogP) is 3.98. The van der Waals surface area contributed by atoms with Gasteiger partial charge in [-0.05, 0) is 73.0 Å². The Kier molecular flexibility index (Phi) is 7.91. The van der Waals surface area contributed by atoms with Gasteiger partial charge in [0.1, 0.15) is 11.6 Å². The zero-order chi connectivity index (χ0) is 28.6. The molecule has 216 valence electrons. The van der Waals surface area contributed by atoms with Crippen molar-refractivity contribution >= 4 is 15.9 Å². The minimum absolute atomic E-state index is 0.116. The van der Waals surface area contributed by atoms with Gasteiger partial charge in [0.15, 0.2) is 0 Å². The number of hydrogen-bond donors (Lipinski definition) is 0. The van der Waals surface area contributed by atoms with E-state index in [0.29, 0.717) is 37.8 Å². The number of sulfonamides is 1. The third-order valence-corrected chi connectivity index (χ3v) is 10.5. The summed E-state index contributed by atoms with van der Waals surface area (Å²) in [5, 5.41) is 0. The van der Waals surface area contributed by atoms with Crippen molar-refractivity contribution < 1.29 is 22.0 Å². The molecule has 0 aromatic heterocycles. The van der Waals surface area contributed by atoms with Gasteiger partial charge in [-0.2, -0.15) is 4.31 Å². The number of halogens is 2. The van der Waals surface area contributed by atoms with Crippen LogP contribution in [0.3, 0.4) is 0 Å². The molecule has 10 heteroatoms. The standard InChI is InChI=1S/C31H34F2N4O3S/c32-26-10-6-23(7-11-26)30(24-8-12-27(33)13-9-24)35-17-19-37(20-18-35)41(39,40)29-5-1-3-25(21-29)31(38)36-16-15-34-14-2-4-28(34)22-36/h1,3,5-13,21,28,30H,2,4,14-20,22H2/t28-/m1/s1. The Bertz CT molecular complexity index is 1450. The largest absolute Gasteiger partial charge is 0.336 e. The first-order valence-electron chi connectivity index (χ1n) is 14.2. The van der Waals surface area contributed by atoms with Gasteiger partial charge in [-0.3, -0.25) is 14.6 Å². The smallest absolute Gasteiger partial charge is 0.253 e. The van der Waals surface area contributed by atoms with E-state index in [1.54, 1.807) is 42.5 Å². The van der Waals surface area contributed by atoms with E-state index in [1.165, 1.54) is 34.6 Å². The first-order chi connectivity index (χ1) is 19.8. The summed E-state index contributed by atoms with van der Waals surface area (Å²) < 4.78 is 56.1. The molecule has 1 atom stereocenters. The van der Waals surface area contributed by atoms with Crippen molar-refractivity contribution in [2.75, 3.05) is 52.4 Å². The maximum absolute atomic E-state index is 13.7. The van der Waals surface area contributed by atoms with E-state index in [0.717, 1.165) is 37.1 Å². The van der Waals surface area contributed by atoms with Crippen molar-refractivity contribution in [1.82, 2.24) is 19.0 Å². The van der Waals surface area contributed by atoms with E-state index < -0.39 is 10.0 Å². The van der Waals surface area contributed by atoms with Crippen molar-refractivity contribution in [3.05, 3.63) is 101 Å². The molecule has 3 aliphatic heterocycles. The third-order valence-electron chi connectivity index (χ3n) is 8.60. The first kappa shape index (κ1) is 28.0. The fourth-order valence-electron chi connectivity index (χ4n) is 6.40. The van der Waals surface area contributed by atoms with Crippen LogP contribution in [0.15, 0.2) is 77.7 Å². The molecule has 3 heterocycles. The monoisotopic (exact) mass is 580 g/mol. The molecular formula is C31H34F2N4O3S. The van der Waals surface area contributed by atoms with Gasteiger partial charge in [-0.1, -0.05) is 30.3 Å². The van der Waals surface area contributed by atoms with Gasteiger partial charge in [0.25, 0.3) is 5.91 Å². The minimum atomic E-state index is -3.82. The molecule has 3 saturated heterocycles. The molecular weight excluding hydrogens is 546 g/mol. The van der Waals surface area contributed by atoms with Crippen LogP contribution in [0.4, 0.5) is 8.78 Å². The highest BCUT2D eigenvalue weighted by molar-refractivity contribution is 7.89. The van der Waals surface area contributed by atoms with Crippen LogP contribution in [-0.4, -0.2) is 91.7 Å². The van der Waals surface area contributed by atoms with Gasteiger partial charge in [-0.15, -0.1) is 0 Å².